The fourth-order valence-corrected chi connectivity index (χ4v) is 4.14. The van der Waals surface area contributed by atoms with Crippen molar-refractivity contribution in [2.75, 3.05) is 6.54 Å². The monoisotopic (exact) mass is 365 g/mol. The maximum absolute atomic E-state index is 12.6. The highest BCUT2D eigenvalue weighted by Gasteiger charge is 2.35. The van der Waals surface area contributed by atoms with Gasteiger partial charge >= 0.3 is 0 Å². The molecule has 1 N–H and O–H groups in total. The number of halogens is 1. The molecule has 0 radical (unpaired) electrons. The summed E-state index contributed by atoms with van der Waals surface area (Å²) < 4.78 is 1.12. The Kier molecular flexibility index (Phi) is 6.49. The smallest absolute Gasteiger partial charge is 0.223 e. The number of benzene rings is 1. The zero-order valence-electron chi connectivity index (χ0n) is 13.9. The third kappa shape index (κ3) is 4.58. The molecule has 122 valence electrons. The molecule has 0 saturated heterocycles. The van der Waals surface area contributed by atoms with E-state index in [1.54, 1.807) is 0 Å². The number of nitrogens with one attached hydrogen (secondary N) is 1. The fraction of sp³-hybridized carbons (Fsp3) is 0.632. The van der Waals surface area contributed by atoms with E-state index in [0.29, 0.717) is 17.8 Å². The molecule has 3 atom stereocenters. The van der Waals surface area contributed by atoms with E-state index >= 15 is 0 Å². The van der Waals surface area contributed by atoms with E-state index in [2.05, 4.69) is 54.2 Å². The van der Waals surface area contributed by atoms with Gasteiger partial charge in [-0.05, 0) is 48.6 Å². The Hall–Kier alpha value is -0.830. The molecule has 1 aliphatic rings. The molecule has 0 bridgehead atoms. The highest BCUT2D eigenvalue weighted by atomic mass is 79.9. The fourth-order valence-electron chi connectivity index (χ4n) is 3.66. The lowest BCUT2D eigenvalue weighted by atomic mass is 9.70. The largest absolute Gasteiger partial charge is 0.356 e. The first-order valence-corrected chi connectivity index (χ1v) is 9.29. The van der Waals surface area contributed by atoms with Crippen LogP contribution >= 0.6 is 15.9 Å². The second-order valence-corrected chi connectivity index (χ2v) is 7.92. The van der Waals surface area contributed by atoms with Crippen molar-refractivity contribution in [1.82, 2.24) is 5.32 Å². The normalized spacial score (nSPS) is 25.2. The lowest BCUT2D eigenvalue weighted by Crippen LogP contribution is -2.40. The molecule has 1 amide bonds. The average molecular weight is 366 g/mol. The molecule has 0 unspecified atom stereocenters. The third-order valence-corrected chi connectivity index (χ3v) is 5.78. The molecule has 1 fully saturated rings. The van der Waals surface area contributed by atoms with Crippen molar-refractivity contribution in [1.29, 1.82) is 0 Å². The van der Waals surface area contributed by atoms with Crippen LogP contribution in [0.1, 0.15) is 45.6 Å². The van der Waals surface area contributed by atoms with Gasteiger partial charge in [0.2, 0.25) is 5.91 Å². The van der Waals surface area contributed by atoms with Crippen LogP contribution in [0.15, 0.2) is 28.7 Å². The van der Waals surface area contributed by atoms with Gasteiger partial charge in [-0.25, -0.2) is 0 Å². The minimum Gasteiger partial charge on any atom is -0.356 e. The first kappa shape index (κ1) is 17.5. The van der Waals surface area contributed by atoms with Crippen LogP contribution in [0.5, 0.6) is 0 Å². The van der Waals surface area contributed by atoms with Crippen LogP contribution in [-0.4, -0.2) is 12.5 Å². The highest BCUT2D eigenvalue weighted by Crippen LogP contribution is 2.38. The number of carbonyl (C=O) groups excluding carboxylic acids is 1. The zero-order chi connectivity index (χ0) is 16.1. The molecule has 2 rings (SSSR count). The molecule has 0 aliphatic heterocycles. The van der Waals surface area contributed by atoms with Crippen molar-refractivity contribution < 1.29 is 4.79 Å². The van der Waals surface area contributed by atoms with Gasteiger partial charge in [-0.1, -0.05) is 61.3 Å². The first-order chi connectivity index (χ1) is 10.5. The minimum absolute atomic E-state index is 0.197. The Morgan fingerprint density at radius 3 is 2.73 bits per heavy atom. The van der Waals surface area contributed by atoms with Crippen LogP contribution in [0.2, 0.25) is 0 Å². The number of hydrogen-bond donors (Lipinski definition) is 1. The predicted octanol–water partition coefficient (Wildman–Crippen LogP) is 4.82. The zero-order valence-corrected chi connectivity index (χ0v) is 15.5. The molecule has 1 aliphatic carbocycles. The van der Waals surface area contributed by atoms with Crippen molar-refractivity contribution in [2.24, 2.45) is 23.7 Å². The quantitative estimate of drug-likeness (QED) is 0.796. The second-order valence-electron chi connectivity index (χ2n) is 7.07. The van der Waals surface area contributed by atoms with Crippen molar-refractivity contribution >= 4 is 21.8 Å². The lowest BCUT2D eigenvalue weighted by Gasteiger charge is -2.36. The van der Waals surface area contributed by atoms with E-state index in [1.807, 2.05) is 12.1 Å². The SMILES string of the molecule is CC(C)[C@@H]1CC[C@@H](C)C[C@H]1C(=O)NCCc1ccccc1Br. The van der Waals surface area contributed by atoms with Gasteiger partial charge in [-0.15, -0.1) is 0 Å². The molecule has 2 nitrogen and oxygen atoms in total. The Morgan fingerprint density at radius 2 is 2.05 bits per heavy atom. The maximum atomic E-state index is 12.6. The summed E-state index contributed by atoms with van der Waals surface area (Å²) in [5.74, 6) is 2.26. The number of carbonyl (C=O) groups is 1. The summed E-state index contributed by atoms with van der Waals surface area (Å²) in [5.41, 5.74) is 1.25. The van der Waals surface area contributed by atoms with Crippen molar-refractivity contribution in [3.63, 3.8) is 0 Å². The van der Waals surface area contributed by atoms with Gasteiger partial charge in [0.15, 0.2) is 0 Å². The standard InChI is InChI=1S/C19H28BrNO/c1-13(2)16-9-8-14(3)12-17(16)19(22)21-11-10-15-6-4-5-7-18(15)20/h4-7,13-14,16-17H,8-12H2,1-3H3,(H,21,22)/t14-,16+,17-/m1/s1. The molecule has 0 heterocycles. The van der Waals surface area contributed by atoms with Crippen LogP contribution in [-0.2, 0) is 11.2 Å². The summed E-state index contributed by atoms with van der Waals surface area (Å²) in [5, 5.41) is 3.17. The first-order valence-electron chi connectivity index (χ1n) is 8.50. The molecular weight excluding hydrogens is 338 g/mol. The molecule has 1 aromatic rings. The molecule has 0 spiro atoms. The predicted molar refractivity (Wildman–Crippen MR) is 95.7 cm³/mol. The van der Waals surface area contributed by atoms with Gasteiger partial charge in [0.25, 0.3) is 0 Å². The van der Waals surface area contributed by atoms with Crippen LogP contribution in [0.25, 0.3) is 0 Å². The summed E-state index contributed by atoms with van der Waals surface area (Å²) in [4.78, 5) is 12.6. The minimum atomic E-state index is 0.197. The molecule has 0 aromatic heterocycles. The molecule has 1 saturated carbocycles. The Balaban J connectivity index is 1.89. The van der Waals surface area contributed by atoms with E-state index in [-0.39, 0.29) is 11.8 Å². The van der Waals surface area contributed by atoms with Gasteiger partial charge in [-0.2, -0.15) is 0 Å². The van der Waals surface area contributed by atoms with Crippen molar-refractivity contribution in [3.8, 4) is 0 Å². The number of hydrogen-bond acceptors (Lipinski definition) is 1. The van der Waals surface area contributed by atoms with E-state index < -0.39 is 0 Å². The van der Waals surface area contributed by atoms with Crippen molar-refractivity contribution in [2.45, 2.75) is 46.5 Å². The summed E-state index contributed by atoms with van der Waals surface area (Å²) in [7, 11) is 0. The summed E-state index contributed by atoms with van der Waals surface area (Å²) >= 11 is 3.56. The third-order valence-electron chi connectivity index (χ3n) is 5.01. The van der Waals surface area contributed by atoms with Crippen LogP contribution in [0, 0.1) is 23.7 Å². The van der Waals surface area contributed by atoms with E-state index in [4.69, 9.17) is 0 Å². The Bertz CT molecular complexity index is 500. The summed E-state index contributed by atoms with van der Waals surface area (Å²) in [6.45, 7) is 7.50. The van der Waals surface area contributed by atoms with Crippen LogP contribution < -0.4 is 5.32 Å². The van der Waals surface area contributed by atoms with Gasteiger partial charge in [0, 0.05) is 16.9 Å². The van der Waals surface area contributed by atoms with Gasteiger partial charge in [-0.3, -0.25) is 4.79 Å². The molecule has 22 heavy (non-hydrogen) atoms. The highest BCUT2D eigenvalue weighted by molar-refractivity contribution is 9.10. The summed E-state index contributed by atoms with van der Waals surface area (Å²) in [6.07, 6.45) is 4.39. The molecule has 3 heteroatoms. The Morgan fingerprint density at radius 1 is 1.32 bits per heavy atom. The second kappa shape index (κ2) is 8.14. The van der Waals surface area contributed by atoms with Crippen molar-refractivity contribution in [3.05, 3.63) is 34.3 Å². The Labute approximate surface area is 143 Å². The van der Waals surface area contributed by atoms with Gasteiger partial charge < -0.3 is 5.32 Å². The summed E-state index contributed by atoms with van der Waals surface area (Å²) in [6, 6.07) is 8.22. The van der Waals surface area contributed by atoms with E-state index in [0.717, 1.165) is 23.9 Å². The number of amides is 1. The lowest BCUT2D eigenvalue weighted by molar-refractivity contribution is -0.129. The van der Waals surface area contributed by atoms with E-state index in [1.165, 1.54) is 18.4 Å². The van der Waals surface area contributed by atoms with Crippen LogP contribution in [0.4, 0.5) is 0 Å². The average Bonchev–Trinajstić information content (AvgIpc) is 2.48. The van der Waals surface area contributed by atoms with E-state index in [9.17, 15) is 4.79 Å². The number of rotatable bonds is 5. The molecule has 1 aromatic carbocycles. The maximum Gasteiger partial charge on any atom is 0.223 e. The topological polar surface area (TPSA) is 29.1 Å². The van der Waals surface area contributed by atoms with Gasteiger partial charge in [0.05, 0.1) is 0 Å². The van der Waals surface area contributed by atoms with Gasteiger partial charge in [0.1, 0.15) is 0 Å². The van der Waals surface area contributed by atoms with Crippen LogP contribution in [0.3, 0.4) is 0 Å². The molecular formula is C19H28BrNO.